The van der Waals surface area contributed by atoms with E-state index in [1.165, 1.54) is 12.1 Å². The molecule has 0 amide bonds. The third-order valence-electron chi connectivity index (χ3n) is 3.15. The molecule has 0 aliphatic carbocycles. The van der Waals surface area contributed by atoms with E-state index in [9.17, 15) is 13.2 Å². The summed E-state index contributed by atoms with van der Waals surface area (Å²) >= 11 is 0. The number of hydrogen-bond donors (Lipinski definition) is 1. The van der Waals surface area contributed by atoms with Gasteiger partial charge in [-0.05, 0) is 30.7 Å². The molecule has 2 aromatic rings. The summed E-state index contributed by atoms with van der Waals surface area (Å²) in [7, 11) is 1.82. The van der Waals surface area contributed by atoms with Crippen LogP contribution < -0.4 is 5.73 Å². The molecule has 0 aliphatic rings. The van der Waals surface area contributed by atoms with Crippen LogP contribution in [0.4, 0.5) is 13.2 Å². The van der Waals surface area contributed by atoms with Gasteiger partial charge in [0.15, 0.2) is 0 Å². The van der Waals surface area contributed by atoms with Crippen LogP contribution in [0.3, 0.4) is 0 Å². The van der Waals surface area contributed by atoms with Gasteiger partial charge in [0.1, 0.15) is 0 Å². The van der Waals surface area contributed by atoms with E-state index in [1.807, 2.05) is 18.5 Å². The average Bonchev–Trinajstić information content (AvgIpc) is 2.50. The highest BCUT2D eigenvalue weighted by molar-refractivity contribution is 5.86. The number of aromatic nitrogens is 1. The summed E-state index contributed by atoms with van der Waals surface area (Å²) in [4.78, 5) is 0. The van der Waals surface area contributed by atoms with Crippen LogP contribution in [0, 0.1) is 6.92 Å². The molecule has 0 unspecified atom stereocenters. The molecule has 0 saturated carbocycles. The Labute approximate surface area is 96.8 Å². The van der Waals surface area contributed by atoms with Crippen molar-refractivity contribution in [2.75, 3.05) is 0 Å². The fraction of sp³-hybridized carbons (Fsp3) is 0.333. The highest BCUT2D eigenvalue weighted by Crippen LogP contribution is 2.33. The van der Waals surface area contributed by atoms with E-state index in [0.717, 1.165) is 22.8 Å². The van der Waals surface area contributed by atoms with Crippen LogP contribution in [0.5, 0.6) is 0 Å². The zero-order valence-electron chi connectivity index (χ0n) is 9.60. The van der Waals surface area contributed by atoms with Gasteiger partial charge in [0, 0.05) is 30.2 Å². The van der Waals surface area contributed by atoms with Gasteiger partial charge in [0.25, 0.3) is 0 Å². The molecule has 0 atom stereocenters. The van der Waals surface area contributed by atoms with Gasteiger partial charge in [-0.25, -0.2) is 0 Å². The molecular weight excluding hydrogens is 229 g/mol. The molecular formula is C12H13F3N2. The van der Waals surface area contributed by atoms with Crippen LogP contribution >= 0.6 is 0 Å². The number of hydrogen-bond acceptors (Lipinski definition) is 1. The maximum Gasteiger partial charge on any atom is 0.416 e. The minimum atomic E-state index is -4.32. The minimum Gasteiger partial charge on any atom is -0.348 e. The van der Waals surface area contributed by atoms with Crippen molar-refractivity contribution in [3.8, 4) is 0 Å². The number of aryl methyl sites for hydroxylation is 1. The number of halogens is 3. The monoisotopic (exact) mass is 242 g/mol. The molecule has 2 N–H and O–H groups in total. The van der Waals surface area contributed by atoms with Crippen molar-refractivity contribution in [1.29, 1.82) is 0 Å². The lowest BCUT2D eigenvalue weighted by Crippen LogP contribution is -2.04. The summed E-state index contributed by atoms with van der Waals surface area (Å²) in [6.07, 6.45) is -4.32. The standard InChI is InChI=1S/C12H13F3N2/c1-7-10(6-16)9-5-8(12(13,14)15)3-4-11(9)17(7)2/h3-5H,6,16H2,1-2H3. The fourth-order valence-electron chi connectivity index (χ4n) is 2.08. The first-order valence-corrected chi connectivity index (χ1v) is 5.21. The molecule has 2 nitrogen and oxygen atoms in total. The van der Waals surface area contributed by atoms with Crippen molar-refractivity contribution in [2.24, 2.45) is 12.8 Å². The summed E-state index contributed by atoms with van der Waals surface area (Å²) in [6.45, 7) is 2.10. The molecule has 1 aromatic carbocycles. The van der Waals surface area contributed by atoms with Gasteiger partial charge in [-0.15, -0.1) is 0 Å². The number of rotatable bonds is 1. The maximum atomic E-state index is 12.6. The number of benzene rings is 1. The average molecular weight is 242 g/mol. The largest absolute Gasteiger partial charge is 0.416 e. The Kier molecular flexibility index (Phi) is 2.66. The van der Waals surface area contributed by atoms with E-state index in [2.05, 4.69) is 0 Å². The van der Waals surface area contributed by atoms with Gasteiger partial charge < -0.3 is 10.3 Å². The second-order valence-corrected chi connectivity index (χ2v) is 4.06. The molecule has 5 heteroatoms. The lowest BCUT2D eigenvalue weighted by molar-refractivity contribution is -0.137. The van der Waals surface area contributed by atoms with Crippen molar-refractivity contribution in [2.45, 2.75) is 19.6 Å². The molecule has 1 heterocycles. The maximum absolute atomic E-state index is 12.6. The quantitative estimate of drug-likeness (QED) is 0.818. The Morgan fingerprint density at radius 1 is 1.29 bits per heavy atom. The Hall–Kier alpha value is -1.49. The van der Waals surface area contributed by atoms with Gasteiger partial charge in [-0.1, -0.05) is 0 Å². The molecule has 0 bridgehead atoms. The summed E-state index contributed by atoms with van der Waals surface area (Å²) in [5, 5.41) is 0.585. The Morgan fingerprint density at radius 3 is 2.47 bits per heavy atom. The highest BCUT2D eigenvalue weighted by Gasteiger charge is 2.31. The molecule has 2 rings (SSSR count). The third-order valence-corrected chi connectivity index (χ3v) is 3.15. The fourth-order valence-corrected chi connectivity index (χ4v) is 2.08. The Bertz CT molecular complexity index is 567. The van der Waals surface area contributed by atoms with Crippen LogP contribution in [-0.2, 0) is 19.8 Å². The first-order chi connectivity index (χ1) is 7.86. The third kappa shape index (κ3) is 1.80. The normalized spacial score (nSPS) is 12.4. The molecule has 0 spiro atoms. The highest BCUT2D eigenvalue weighted by atomic mass is 19.4. The molecule has 0 aliphatic heterocycles. The van der Waals surface area contributed by atoms with Gasteiger partial charge >= 0.3 is 6.18 Å². The summed E-state index contributed by atoms with van der Waals surface area (Å²) in [5.41, 5.74) is 7.41. The molecule has 0 saturated heterocycles. The van der Waals surface area contributed by atoms with Crippen LogP contribution in [-0.4, -0.2) is 4.57 Å². The SMILES string of the molecule is Cc1c(CN)c2cc(C(F)(F)F)ccc2n1C. The zero-order chi connectivity index (χ0) is 12.8. The first kappa shape index (κ1) is 12.0. The summed E-state index contributed by atoms with van der Waals surface area (Å²) in [6, 6.07) is 3.76. The van der Waals surface area contributed by atoms with Crippen molar-refractivity contribution in [1.82, 2.24) is 4.57 Å². The minimum absolute atomic E-state index is 0.241. The summed E-state index contributed by atoms with van der Waals surface area (Å²) in [5.74, 6) is 0. The topological polar surface area (TPSA) is 30.9 Å². The number of fused-ring (bicyclic) bond motifs is 1. The Morgan fingerprint density at radius 2 is 1.94 bits per heavy atom. The van der Waals surface area contributed by atoms with E-state index in [4.69, 9.17) is 5.73 Å². The van der Waals surface area contributed by atoms with Gasteiger partial charge in [0.2, 0.25) is 0 Å². The van der Waals surface area contributed by atoms with E-state index >= 15 is 0 Å². The number of nitrogens with two attached hydrogens (primary N) is 1. The summed E-state index contributed by atoms with van der Waals surface area (Å²) < 4.78 is 39.7. The Balaban J connectivity index is 2.77. The first-order valence-electron chi connectivity index (χ1n) is 5.21. The lowest BCUT2D eigenvalue weighted by Gasteiger charge is -2.07. The molecule has 0 radical (unpaired) electrons. The van der Waals surface area contributed by atoms with Gasteiger partial charge in [-0.2, -0.15) is 13.2 Å². The van der Waals surface area contributed by atoms with Crippen LogP contribution in [0.1, 0.15) is 16.8 Å². The van der Waals surface area contributed by atoms with Crippen LogP contribution in [0.2, 0.25) is 0 Å². The number of nitrogens with zero attached hydrogens (tertiary/aromatic N) is 1. The van der Waals surface area contributed by atoms with E-state index in [1.54, 1.807) is 0 Å². The van der Waals surface area contributed by atoms with Gasteiger partial charge in [0.05, 0.1) is 5.56 Å². The molecule has 17 heavy (non-hydrogen) atoms. The molecule has 0 fully saturated rings. The second kappa shape index (κ2) is 3.77. The number of alkyl halides is 3. The zero-order valence-corrected chi connectivity index (χ0v) is 9.60. The lowest BCUT2D eigenvalue weighted by atomic mass is 10.1. The smallest absolute Gasteiger partial charge is 0.348 e. The second-order valence-electron chi connectivity index (χ2n) is 4.06. The van der Waals surface area contributed by atoms with Crippen LogP contribution in [0.25, 0.3) is 10.9 Å². The van der Waals surface area contributed by atoms with E-state index in [0.29, 0.717) is 5.39 Å². The van der Waals surface area contributed by atoms with Crippen molar-refractivity contribution >= 4 is 10.9 Å². The van der Waals surface area contributed by atoms with E-state index in [-0.39, 0.29) is 6.54 Å². The predicted molar refractivity (Wildman–Crippen MR) is 60.5 cm³/mol. The predicted octanol–water partition coefficient (Wildman–Crippen LogP) is 2.96. The van der Waals surface area contributed by atoms with Crippen molar-refractivity contribution in [3.63, 3.8) is 0 Å². The van der Waals surface area contributed by atoms with Crippen molar-refractivity contribution < 1.29 is 13.2 Å². The van der Waals surface area contributed by atoms with Gasteiger partial charge in [-0.3, -0.25) is 0 Å². The molecule has 1 aromatic heterocycles. The van der Waals surface area contributed by atoms with Crippen molar-refractivity contribution in [3.05, 3.63) is 35.0 Å². The van der Waals surface area contributed by atoms with Crippen LogP contribution in [0.15, 0.2) is 18.2 Å². The molecule has 92 valence electrons. The van der Waals surface area contributed by atoms with E-state index < -0.39 is 11.7 Å².